The SMILES string of the molecule is O=C(CN1CCN(C(=O)NCCc2cn3c(n2)CCCC3)CC1)Nc1ccccc1C(F)(F)F. The van der Waals surface area contributed by atoms with Crippen LogP contribution in [0.3, 0.4) is 0 Å². The summed E-state index contributed by atoms with van der Waals surface area (Å²) in [5, 5.41) is 5.28. The molecule has 1 aromatic carbocycles. The molecule has 1 aromatic heterocycles. The molecular formula is C23H29F3N6O2. The first-order chi connectivity index (χ1) is 16.3. The van der Waals surface area contributed by atoms with Crippen LogP contribution >= 0.6 is 0 Å². The van der Waals surface area contributed by atoms with Crippen molar-refractivity contribution in [2.45, 2.75) is 38.4 Å². The average Bonchev–Trinajstić information content (AvgIpc) is 3.22. The molecule has 184 valence electrons. The summed E-state index contributed by atoms with van der Waals surface area (Å²) in [5.41, 5.74) is -0.141. The topological polar surface area (TPSA) is 82.5 Å². The van der Waals surface area contributed by atoms with Crippen LogP contribution < -0.4 is 10.6 Å². The minimum Gasteiger partial charge on any atom is -0.338 e. The standard InChI is InChI=1S/C23H29F3N6O2/c24-23(25,26)18-5-1-2-6-19(18)29-21(33)16-30-11-13-31(14-12-30)22(34)27-9-8-17-15-32-10-4-3-7-20(32)28-17/h1-2,5-6,15H,3-4,7-14,16H2,(H,27,34)(H,29,33). The van der Waals surface area contributed by atoms with Crippen LogP contribution in [0.2, 0.25) is 0 Å². The van der Waals surface area contributed by atoms with Crippen LogP contribution in [0.1, 0.15) is 29.9 Å². The van der Waals surface area contributed by atoms with Gasteiger partial charge in [0.05, 0.1) is 23.5 Å². The number of fused-ring (bicyclic) bond motifs is 1. The molecule has 34 heavy (non-hydrogen) atoms. The monoisotopic (exact) mass is 478 g/mol. The summed E-state index contributed by atoms with van der Waals surface area (Å²) in [6, 6.07) is 4.75. The van der Waals surface area contributed by atoms with Crippen LogP contribution in [0.15, 0.2) is 30.5 Å². The Labute approximate surface area is 196 Å². The molecule has 2 aliphatic rings. The Morgan fingerprint density at radius 3 is 2.53 bits per heavy atom. The van der Waals surface area contributed by atoms with Crippen molar-refractivity contribution in [2.24, 2.45) is 0 Å². The molecule has 8 nitrogen and oxygen atoms in total. The van der Waals surface area contributed by atoms with Gasteiger partial charge in [0.1, 0.15) is 5.82 Å². The average molecular weight is 479 g/mol. The van der Waals surface area contributed by atoms with Gasteiger partial charge in [-0.2, -0.15) is 13.2 Å². The van der Waals surface area contributed by atoms with Gasteiger partial charge in [-0.25, -0.2) is 9.78 Å². The molecule has 0 unspecified atom stereocenters. The highest BCUT2D eigenvalue weighted by Gasteiger charge is 2.33. The molecule has 3 heterocycles. The van der Waals surface area contributed by atoms with Crippen LogP contribution in [0.4, 0.5) is 23.7 Å². The predicted molar refractivity (Wildman–Crippen MR) is 120 cm³/mol. The number of nitrogens with one attached hydrogen (secondary N) is 2. The number of para-hydroxylation sites is 1. The highest BCUT2D eigenvalue weighted by molar-refractivity contribution is 5.93. The van der Waals surface area contributed by atoms with Gasteiger partial charge in [-0.15, -0.1) is 0 Å². The van der Waals surface area contributed by atoms with Gasteiger partial charge < -0.3 is 20.1 Å². The van der Waals surface area contributed by atoms with Crippen LogP contribution in [-0.4, -0.2) is 70.6 Å². The summed E-state index contributed by atoms with van der Waals surface area (Å²) in [7, 11) is 0. The number of aromatic nitrogens is 2. The van der Waals surface area contributed by atoms with E-state index in [-0.39, 0.29) is 18.3 Å². The van der Waals surface area contributed by atoms with E-state index in [0.717, 1.165) is 30.6 Å². The Hall–Kier alpha value is -3.08. The predicted octanol–water partition coefficient (Wildman–Crippen LogP) is 2.75. The maximum atomic E-state index is 13.1. The molecule has 0 bridgehead atoms. The van der Waals surface area contributed by atoms with Crippen LogP contribution in [0.5, 0.6) is 0 Å². The summed E-state index contributed by atoms with van der Waals surface area (Å²) in [4.78, 5) is 32.9. The first kappa shape index (κ1) is 24.1. The number of halogens is 3. The molecule has 0 saturated carbocycles. The Bertz CT molecular complexity index is 991. The van der Waals surface area contributed by atoms with Crippen molar-refractivity contribution < 1.29 is 22.8 Å². The molecule has 2 N–H and O–H groups in total. The number of piperazine rings is 1. The maximum Gasteiger partial charge on any atom is 0.418 e. The maximum absolute atomic E-state index is 13.1. The number of hydrogen-bond donors (Lipinski definition) is 2. The number of aryl methyl sites for hydroxylation is 2. The molecule has 4 rings (SSSR count). The van der Waals surface area contributed by atoms with Gasteiger partial charge in [-0.3, -0.25) is 9.69 Å². The van der Waals surface area contributed by atoms with E-state index >= 15 is 0 Å². The van der Waals surface area contributed by atoms with Crippen molar-refractivity contribution in [2.75, 3.05) is 44.6 Å². The van der Waals surface area contributed by atoms with Crippen molar-refractivity contribution in [1.29, 1.82) is 0 Å². The van der Waals surface area contributed by atoms with E-state index in [9.17, 15) is 22.8 Å². The van der Waals surface area contributed by atoms with Crippen molar-refractivity contribution in [3.05, 3.63) is 47.5 Å². The molecule has 2 aromatic rings. The molecule has 0 aliphatic carbocycles. The third kappa shape index (κ3) is 6.07. The molecular weight excluding hydrogens is 449 g/mol. The second-order valence-corrected chi connectivity index (χ2v) is 8.64. The number of anilines is 1. The minimum absolute atomic E-state index is 0.0351. The molecule has 2 aliphatic heterocycles. The molecule has 11 heteroatoms. The number of carbonyl (C=O) groups is 2. The van der Waals surface area contributed by atoms with E-state index in [1.54, 1.807) is 4.90 Å². The van der Waals surface area contributed by atoms with Crippen LogP contribution in [0, 0.1) is 0 Å². The molecule has 1 fully saturated rings. The molecule has 3 amide bonds. The second kappa shape index (κ2) is 10.5. The summed E-state index contributed by atoms with van der Waals surface area (Å²) in [6.07, 6.45) is 1.54. The van der Waals surface area contributed by atoms with Crippen molar-refractivity contribution in [3.63, 3.8) is 0 Å². The number of imidazole rings is 1. The lowest BCUT2D eigenvalue weighted by Gasteiger charge is -2.34. The zero-order valence-corrected chi connectivity index (χ0v) is 18.9. The smallest absolute Gasteiger partial charge is 0.338 e. The number of nitrogens with zero attached hydrogens (tertiary/aromatic N) is 4. The fourth-order valence-electron chi connectivity index (χ4n) is 4.34. The number of urea groups is 1. The lowest BCUT2D eigenvalue weighted by Crippen LogP contribution is -2.53. The first-order valence-electron chi connectivity index (χ1n) is 11.6. The zero-order chi connectivity index (χ0) is 24.1. The fourth-order valence-corrected chi connectivity index (χ4v) is 4.34. The largest absolute Gasteiger partial charge is 0.418 e. The zero-order valence-electron chi connectivity index (χ0n) is 18.9. The molecule has 0 atom stereocenters. The number of amides is 3. The van der Waals surface area contributed by atoms with Gasteiger partial charge in [-0.05, 0) is 25.0 Å². The fraction of sp³-hybridized carbons (Fsp3) is 0.522. The minimum atomic E-state index is -4.54. The summed E-state index contributed by atoms with van der Waals surface area (Å²) >= 11 is 0. The number of hydrogen-bond acceptors (Lipinski definition) is 4. The summed E-state index contributed by atoms with van der Waals surface area (Å²) in [6.45, 7) is 3.29. The molecule has 0 radical (unpaired) electrons. The normalized spacial score (nSPS) is 16.7. The Balaban J connectivity index is 1.18. The second-order valence-electron chi connectivity index (χ2n) is 8.64. The van der Waals surface area contributed by atoms with Crippen LogP contribution in [0.25, 0.3) is 0 Å². The summed E-state index contributed by atoms with van der Waals surface area (Å²) in [5.74, 6) is 0.604. The quantitative estimate of drug-likeness (QED) is 0.669. The van der Waals surface area contributed by atoms with E-state index in [0.29, 0.717) is 39.1 Å². The van der Waals surface area contributed by atoms with Gasteiger partial charge in [-0.1, -0.05) is 12.1 Å². The van der Waals surface area contributed by atoms with Gasteiger partial charge in [0.15, 0.2) is 0 Å². The van der Waals surface area contributed by atoms with Gasteiger partial charge >= 0.3 is 12.2 Å². The first-order valence-corrected chi connectivity index (χ1v) is 11.6. The lowest BCUT2D eigenvalue weighted by molar-refractivity contribution is -0.137. The molecule has 1 saturated heterocycles. The number of rotatable bonds is 6. The van der Waals surface area contributed by atoms with E-state index in [4.69, 9.17) is 0 Å². The van der Waals surface area contributed by atoms with E-state index in [1.165, 1.54) is 31.0 Å². The van der Waals surface area contributed by atoms with E-state index in [2.05, 4.69) is 26.4 Å². The van der Waals surface area contributed by atoms with Crippen molar-refractivity contribution in [1.82, 2.24) is 24.7 Å². The Morgan fingerprint density at radius 2 is 1.79 bits per heavy atom. The number of carbonyl (C=O) groups excluding carboxylic acids is 2. The number of alkyl halides is 3. The highest BCUT2D eigenvalue weighted by atomic mass is 19.4. The van der Waals surface area contributed by atoms with Crippen LogP contribution in [-0.2, 0) is 30.4 Å². The van der Waals surface area contributed by atoms with Crippen molar-refractivity contribution >= 4 is 17.6 Å². The molecule has 0 spiro atoms. The Kier molecular flexibility index (Phi) is 7.40. The Morgan fingerprint density at radius 1 is 1.03 bits per heavy atom. The van der Waals surface area contributed by atoms with E-state index in [1.807, 2.05) is 4.90 Å². The number of benzene rings is 1. The van der Waals surface area contributed by atoms with Gasteiger partial charge in [0.25, 0.3) is 0 Å². The van der Waals surface area contributed by atoms with E-state index < -0.39 is 17.6 Å². The van der Waals surface area contributed by atoms with Crippen molar-refractivity contribution in [3.8, 4) is 0 Å². The lowest BCUT2D eigenvalue weighted by atomic mass is 10.1. The van der Waals surface area contributed by atoms with Gasteiger partial charge in [0.2, 0.25) is 5.91 Å². The van der Waals surface area contributed by atoms with Gasteiger partial charge in [0, 0.05) is 58.3 Å². The third-order valence-corrected chi connectivity index (χ3v) is 6.15. The third-order valence-electron chi connectivity index (χ3n) is 6.15. The summed E-state index contributed by atoms with van der Waals surface area (Å²) < 4.78 is 41.5. The highest BCUT2D eigenvalue weighted by Crippen LogP contribution is 2.34.